The molecular formula is C17H16FN3O4. The number of hydrogen-bond acceptors (Lipinski definition) is 4. The van der Waals surface area contributed by atoms with E-state index in [0.29, 0.717) is 0 Å². The first-order valence-corrected chi connectivity index (χ1v) is 7.44. The standard InChI is InChI=1S/C17H16FN3O4/c1-11(12-5-7-14(18)8-6-12)20-16(22)10-19-17(23)13-3-2-4-15(9-13)21(24)25/h2-9,11H,10H2,1H3,(H,19,23)(H,20,22)/t11-/m0/s1. The summed E-state index contributed by atoms with van der Waals surface area (Å²) in [6.45, 7) is 1.45. The van der Waals surface area contributed by atoms with E-state index in [1.54, 1.807) is 19.1 Å². The molecule has 0 saturated carbocycles. The number of hydrogen-bond donors (Lipinski definition) is 2. The largest absolute Gasteiger partial charge is 0.348 e. The van der Waals surface area contributed by atoms with Crippen molar-refractivity contribution in [2.24, 2.45) is 0 Å². The zero-order valence-corrected chi connectivity index (χ0v) is 13.4. The number of amides is 2. The summed E-state index contributed by atoms with van der Waals surface area (Å²) in [4.78, 5) is 34.0. The molecule has 2 aromatic rings. The molecule has 0 unspecified atom stereocenters. The van der Waals surface area contributed by atoms with Gasteiger partial charge in [-0.1, -0.05) is 18.2 Å². The van der Waals surface area contributed by atoms with E-state index in [-0.39, 0.29) is 29.7 Å². The third kappa shape index (κ3) is 5.10. The Hall–Kier alpha value is -3.29. The van der Waals surface area contributed by atoms with Crippen molar-refractivity contribution in [1.82, 2.24) is 10.6 Å². The van der Waals surface area contributed by atoms with Crippen LogP contribution in [0, 0.1) is 15.9 Å². The van der Waals surface area contributed by atoms with Gasteiger partial charge in [-0.15, -0.1) is 0 Å². The molecule has 2 amide bonds. The summed E-state index contributed by atoms with van der Waals surface area (Å²) in [7, 11) is 0. The Kier molecular flexibility index (Phi) is 5.78. The van der Waals surface area contributed by atoms with Gasteiger partial charge in [0.05, 0.1) is 17.5 Å². The summed E-state index contributed by atoms with van der Waals surface area (Å²) in [5.74, 6) is -1.39. The van der Waals surface area contributed by atoms with Crippen LogP contribution in [0.5, 0.6) is 0 Å². The molecule has 0 aliphatic heterocycles. The van der Waals surface area contributed by atoms with Crippen LogP contribution >= 0.6 is 0 Å². The van der Waals surface area contributed by atoms with Crippen LogP contribution in [0.15, 0.2) is 48.5 Å². The van der Waals surface area contributed by atoms with Gasteiger partial charge in [-0.25, -0.2) is 4.39 Å². The molecule has 130 valence electrons. The number of non-ortho nitro benzene ring substituents is 1. The van der Waals surface area contributed by atoms with Gasteiger partial charge < -0.3 is 10.6 Å². The van der Waals surface area contributed by atoms with Crippen molar-refractivity contribution in [3.63, 3.8) is 0 Å². The lowest BCUT2D eigenvalue weighted by atomic mass is 10.1. The number of nitrogens with one attached hydrogen (secondary N) is 2. The SMILES string of the molecule is C[C@H](NC(=O)CNC(=O)c1cccc([N+](=O)[O-])c1)c1ccc(F)cc1. The Labute approximate surface area is 143 Å². The average Bonchev–Trinajstić information content (AvgIpc) is 2.60. The summed E-state index contributed by atoms with van der Waals surface area (Å²) in [5.41, 5.74) is 0.607. The number of nitrogens with zero attached hydrogens (tertiary/aromatic N) is 1. The first-order valence-electron chi connectivity index (χ1n) is 7.44. The van der Waals surface area contributed by atoms with E-state index >= 15 is 0 Å². The van der Waals surface area contributed by atoms with Crippen LogP contribution < -0.4 is 10.6 Å². The molecule has 8 heteroatoms. The molecule has 25 heavy (non-hydrogen) atoms. The fourth-order valence-electron chi connectivity index (χ4n) is 2.15. The molecule has 0 aliphatic rings. The lowest BCUT2D eigenvalue weighted by molar-refractivity contribution is -0.384. The minimum Gasteiger partial charge on any atom is -0.348 e. The van der Waals surface area contributed by atoms with Crippen molar-refractivity contribution in [2.75, 3.05) is 6.54 Å². The van der Waals surface area contributed by atoms with E-state index < -0.39 is 16.7 Å². The molecule has 2 rings (SSSR count). The number of nitro benzene ring substituents is 1. The van der Waals surface area contributed by atoms with Gasteiger partial charge in [0.1, 0.15) is 5.82 Å². The Morgan fingerprint density at radius 2 is 1.88 bits per heavy atom. The Balaban J connectivity index is 1.89. The zero-order valence-electron chi connectivity index (χ0n) is 13.4. The quantitative estimate of drug-likeness (QED) is 0.620. The molecule has 0 bridgehead atoms. The number of benzene rings is 2. The van der Waals surface area contributed by atoms with E-state index in [0.717, 1.165) is 11.6 Å². The number of carbonyl (C=O) groups is 2. The summed E-state index contributed by atoms with van der Waals surface area (Å²) in [6, 6.07) is 10.6. The van der Waals surface area contributed by atoms with Gasteiger partial charge in [-0.05, 0) is 30.7 Å². The highest BCUT2D eigenvalue weighted by molar-refractivity contribution is 5.96. The van der Waals surface area contributed by atoms with E-state index in [4.69, 9.17) is 0 Å². The second kappa shape index (κ2) is 8.00. The lowest BCUT2D eigenvalue weighted by Gasteiger charge is -2.14. The fraction of sp³-hybridized carbons (Fsp3) is 0.176. The topological polar surface area (TPSA) is 101 Å². The molecular weight excluding hydrogens is 329 g/mol. The summed E-state index contributed by atoms with van der Waals surface area (Å²) in [5, 5.41) is 15.8. The third-order valence-corrected chi connectivity index (χ3v) is 3.48. The van der Waals surface area contributed by atoms with Crippen LogP contribution in [0.25, 0.3) is 0 Å². The molecule has 2 aromatic carbocycles. The molecule has 0 radical (unpaired) electrons. The van der Waals surface area contributed by atoms with Gasteiger partial charge in [0, 0.05) is 17.7 Å². The fourth-order valence-corrected chi connectivity index (χ4v) is 2.15. The predicted molar refractivity (Wildman–Crippen MR) is 88.4 cm³/mol. The maximum atomic E-state index is 12.9. The van der Waals surface area contributed by atoms with Gasteiger partial charge >= 0.3 is 0 Å². The van der Waals surface area contributed by atoms with Crippen LogP contribution in [0.4, 0.5) is 10.1 Å². The van der Waals surface area contributed by atoms with E-state index in [1.165, 1.54) is 30.3 Å². The Morgan fingerprint density at radius 1 is 1.20 bits per heavy atom. The number of nitro groups is 1. The summed E-state index contributed by atoms with van der Waals surface area (Å²) < 4.78 is 12.9. The van der Waals surface area contributed by atoms with Crippen LogP contribution in [0.2, 0.25) is 0 Å². The van der Waals surface area contributed by atoms with Crippen LogP contribution in [0.3, 0.4) is 0 Å². The highest BCUT2D eigenvalue weighted by Crippen LogP contribution is 2.13. The normalized spacial score (nSPS) is 11.4. The first kappa shape index (κ1) is 18.1. The molecule has 0 aliphatic carbocycles. The Morgan fingerprint density at radius 3 is 2.52 bits per heavy atom. The molecule has 1 atom stereocenters. The zero-order chi connectivity index (χ0) is 18.4. The highest BCUT2D eigenvalue weighted by Gasteiger charge is 2.14. The van der Waals surface area contributed by atoms with Crippen molar-refractivity contribution in [2.45, 2.75) is 13.0 Å². The van der Waals surface area contributed by atoms with Gasteiger partial charge in [-0.2, -0.15) is 0 Å². The summed E-state index contributed by atoms with van der Waals surface area (Å²) >= 11 is 0. The Bertz CT molecular complexity index is 793. The van der Waals surface area contributed by atoms with Crippen LogP contribution in [-0.2, 0) is 4.79 Å². The monoisotopic (exact) mass is 345 g/mol. The minimum absolute atomic E-state index is 0.0913. The molecule has 0 aromatic heterocycles. The predicted octanol–water partition coefficient (Wildman–Crippen LogP) is 2.34. The molecule has 0 spiro atoms. The highest BCUT2D eigenvalue weighted by atomic mass is 19.1. The van der Waals surface area contributed by atoms with E-state index in [9.17, 15) is 24.1 Å². The van der Waals surface area contributed by atoms with Crippen LogP contribution in [0.1, 0.15) is 28.9 Å². The third-order valence-electron chi connectivity index (χ3n) is 3.48. The van der Waals surface area contributed by atoms with Crippen LogP contribution in [-0.4, -0.2) is 23.3 Å². The summed E-state index contributed by atoms with van der Waals surface area (Å²) in [6.07, 6.45) is 0. The van der Waals surface area contributed by atoms with Gasteiger partial charge in [0.2, 0.25) is 5.91 Å². The first-order chi connectivity index (χ1) is 11.9. The van der Waals surface area contributed by atoms with Crippen molar-refractivity contribution in [3.05, 3.63) is 75.6 Å². The van der Waals surface area contributed by atoms with Crippen molar-refractivity contribution in [1.29, 1.82) is 0 Å². The van der Waals surface area contributed by atoms with E-state index in [1.807, 2.05) is 0 Å². The molecule has 0 heterocycles. The molecule has 7 nitrogen and oxygen atoms in total. The van der Waals surface area contributed by atoms with Crippen molar-refractivity contribution < 1.29 is 18.9 Å². The number of rotatable bonds is 6. The molecule has 0 fully saturated rings. The maximum absolute atomic E-state index is 12.9. The van der Waals surface area contributed by atoms with E-state index in [2.05, 4.69) is 10.6 Å². The van der Waals surface area contributed by atoms with Gasteiger partial charge in [0.25, 0.3) is 11.6 Å². The van der Waals surface area contributed by atoms with Gasteiger partial charge in [0.15, 0.2) is 0 Å². The van der Waals surface area contributed by atoms with Crippen molar-refractivity contribution >= 4 is 17.5 Å². The van der Waals surface area contributed by atoms with Crippen molar-refractivity contribution in [3.8, 4) is 0 Å². The molecule has 0 saturated heterocycles. The molecule has 2 N–H and O–H groups in total. The second-order valence-corrected chi connectivity index (χ2v) is 5.33. The number of halogens is 1. The average molecular weight is 345 g/mol. The lowest BCUT2D eigenvalue weighted by Crippen LogP contribution is -2.38. The van der Waals surface area contributed by atoms with Gasteiger partial charge in [-0.3, -0.25) is 19.7 Å². The minimum atomic E-state index is -0.603. The number of carbonyl (C=O) groups excluding carboxylic acids is 2. The second-order valence-electron chi connectivity index (χ2n) is 5.33. The smallest absolute Gasteiger partial charge is 0.270 e. The maximum Gasteiger partial charge on any atom is 0.270 e.